The van der Waals surface area contributed by atoms with Gasteiger partial charge in [0.15, 0.2) is 10.8 Å². The Balaban J connectivity index is 1.58. The Morgan fingerprint density at radius 3 is 2.62 bits per heavy atom. The van der Waals surface area contributed by atoms with Gasteiger partial charge in [0, 0.05) is 25.1 Å². The van der Waals surface area contributed by atoms with Crippen LogP contribution in [0.4, 0.5) is 4.39 Å². The molecule has 9 heteroatoms. The van der Waals surface area contributed by atoms with E-state index in [9.17, 15) is 14.0 Å². The summed E-state index contributed by atoms with van der Waals surface area (Å²) in [5.41, 5.74) is 2.11. The van der Waals surface area contributed by atoms with Crippen molar-refractivity contribution in [1.82, 2.24) is 23.8 Å². The quantitative estimate of drug-likeness (QED) is 0.591. The second kappa shape index (κ2) is 8.20. The van der Waals surface area contributed by atoms with Crippen LogP contribution in [0.25, 0.3) is 10.8 Å². The Bertz CT molecular complexity index is 1190. The summed E-state index contributed by atoms with van der Waals surface area (Å²) in [4.78, 5) is 37.3. The molecular formula is C23H24FN5O2S. The van der Waals surface area contributed by atoms with Crippen molar-refractivity contribution in [3.05, 3.63) is 52.9 Å². The minimum Gasteiger partial charge on any atom is -0.329 e. The second-order valence-electron chi connectivity index (χ2n) is 8.45. The molecule has 2 aromatic heterocycles. The highest BCUT2D eigenvalue weighted by atomic mass is 32.1. The highest BCUT2D eigenvalue weighted by Gasteiger charge is 2.38. The monoisotopic (exact) mass is 453 g/mol. The number of hydrogen-bond acceptors (Lipinski definition) is 6. The summed E-state index contributed by atoms with van der Waals surface area (Å²) in [5.74, 6) is 0.845. The summed E-state index contributed by atoms with van der Waals surface area (Å²) in [6.45, 7) is 4.86. The maximum atomic E-state index is 13.3. The lowest BCUT2D eigenvalue weighted by Crippen LogP contribution is -2.41. The van der Waals surface area contributed by atoms with E-state index in [-0.39, 0.29) is 29.5 Å². The standard InChI is InChI=1S/C23H24FN5O2S/c1-13-20-19(17-5-3-4-6-18(17)30)26-21(22-25-14(2)27-32-22)29(20)12-11-28(13)23(31)15-7-9-16(24)10-8-15/h7-10,13,17H,3-6,11-12H2,1-2H3/t13-,17+/m1/s1. The maximum Gasteiger partial charge on any atom is 0.254 e. The van der Waals surface area contributed by atoms with Gasteiger partial charge in [0.1, 0.15) is 17.4 Å². The first-order valence-electron chi connectivity index (χ1n) is 10.9. The number of ketones is 1. The average molecular weight is 454 g/mol. The molecule has 3 aromatic rings. The maximum absolute atomic E-state index is 13.3. The molecule has 1 saturated carbocycles. The molecule has 0 N–H and O–H groups in total. The van der Waals surface area contributed by atoms with E-state index in [1.165, 1.54) is 35.8 Å². The fourth-order valence-electron chi connectivity index (χ4n) is 4.81. The molecule has 7 nitrogen and oxygen atoms in total. The topological polar surface area (TPSA) is 81.0 Å². The van der Waals surface area contributed by atoms with Crippen molar-refractivity contribution >= 4 is 23.2 Å². The zero-order valence-corrected chi connectivity index (χ0v) is 18.9. The van der Waals surface area contributed by atoms with Gasteiger partial charge in [-0.25, -0.2) is 14.4 Å². The third kappa shape index (κ3) is 3.54. The zero-order chi connectivity index (χ0) is 22.4. The Kier molecular flexibility index (Phi) is 5.36. The van der Waals surface area contributed by atoms with Crippen LogP contribution in [0.1, 0.15) is 72.1 Å². The summed E-state index contributed by atoms with van der Waals surface area (Å²) in [5, 5.41) is 0.726. The van der Waals surface area contributed by atoms with E-state index >= 15 is 0 Å². The number of aromatic nitrogens is 4. The van der Waals surface area contributed by atoms with Crippen LogP contribution in [0.3, 0.4) is 0 Å². The van der Waals surface area contributed by atoms with E-state index in [1.54, 1.807) is 4.90 Å². The SMILES string of the molecule is Cc1nsc(-c2nc([C@H]3CCCCC3=O)c3n2CCN(C(=O)c2ccc(F)cc2)[C@@H]3C)n1. The highest BCUT2D eigenvalue weighted by molar-refractivity contribution is 7.09. The normalized spacial score (nSPS) is 21.0. The number of carbonyl (C=O) groups is 2. The first-order valence-corrected chi connectivity index (χ1v) is 11.7. The summed E-state index contributed by atoms with van der Waals surface area (Å²) >= 11 is 1.30. The van der Waals surface area contributed by atoms with Gasteiger partial charge in [-0.1, -0.05) is 6.42 Å². The summed E-state index contributed by atoms with van der Waals surface area (Å²) < 4.78 is 19.8. The van der Waals surface area contributed by atoms with Crippen molar-refractivity contribution in [3.8, 4) is 10.8 Å². The van der Waals surface area contributed by atoms with Gasteiger partial charge in [-0.2, -0.15) is 4.37 Å². The number of aryl methyl sites for hydroxylation is 1. The van der Waals surface area contributed by atoms with Crippen LogP contribution in [0.15, 0.2) is 24.3 Å². The van der Waals surface area contributed by atoms with Gasteiger partial charge < -0.3 is 9.47 Å². The highest BCUT2D eigenvalue weighted by Crippen LogP contribution is 2.40. The number of carbonyl (C=O) groups excluding carboxylic acids is 2. The number of fused-ring (bicyclic) bond motifs is 1. The fourth-order valence-corrected chi connectivity index (χ4v) is 5.48. The third-order valence-corrected chi connectivity index (χ3v) is 7.22. The molecule has 0 unspecified atom stereocenters. The molecule has 0 bridgehead atoms. The van der Waals surface area contributed by atoms with Gasteiger partial charge in [-0.15, -0.1) is 0 Å². The van der Waals surface area contributed by atoms with Crippen molar-refractivity contribution in [3.63, 3.8) is 0 Å². The largest absolute Gasteiger partial charge is 0.329 e. The summed E-state index contributed by atoms with van der Waals surface area (Å²) in [6, 6.07) is 5.35. The first kappa shape index (κ1) is 20.9. The molecule has 0 saturated heterocycles. The van der Waals surface area contributed by atoms with Crippen molar-refractivity contribution in [1.29, 1.82) is 0 Å². The van der Waals surface area contributed by atoms with Crippen LogP contribution >= 0.6 is 11.5 Å². The summed E-state index contributed by atoms with van der Waals surface area (Å²) in [7, 11) is 0. The van der Waals surface area contributed by atoms with Gasteiger partial charge in [0.2, 0.25) is 0 Å². The number of Topliss-reactive ketones (excluding diaryl/α,β-unsaturated/α-hetero) is 1. The second-order valence-corrected chi connectivity index (χ2v) is 9.20. The number of nitrogens with zero attached hydrogens (tertiary/aromatic N) is 5. The lowest BCUT2D eigenvalue weighted by molar-refractivity contribution is -0.122. The number of rotatable bonds is 3. The molecule has 166 valence electrons. The van der Waals surface area contributed by atoms with E-state index in [0.717, 1.165) is 41.5 Å². The van der Waals surface area contributed by atoms with Crippen LogP contribution < -0.4 is 0 Å². The molecule has 2 aliphatic rings. The van der Waals surface area contributed by atoms with Crippen LogP contribution in [0, 0.1) is 12.7 Å². The average Bonchev–Trinajstić information content (AvgIpc) is 3.38. The molecule has 2 atom stereocenters. The van der Waals surface area contributed by atoms with E-state index in [2.05, 4.69) is 13.9 Å². The summed E-state index contributed by atoms with van der Waals surface area (Å²) in [6.07, 6.45) is 3.24. The lowest BCUT2D eigenvalue weighted by Gasteiger charge is -2.36. The van der Waals surface area contributed by atoms with Gasteiger partial charge in [0.05, 0.1) is 23.3 Å². The van der Waals surface area contributed by atoms with E-state index in [4.69, 9.17) is 4.98 Å². The van der Waals surface area contributed by atoms with E-state index < -0.39 is 0 Å². The molecule has 32 heavy (non-hydrogen) atoms. The predicted octanol–water partition coefficient (Wildman–Crippen LogP) is 4.29. The Labute approximate surface area is 189 Å². The predicted molar refractivity (Wildman–Crippen MR) is 118 cm³/mol. The van der Waals surface area contributed by atoms with Gasteiger partial charge >= 0.3 is 0 Å². The number of halogens is 1. The number of hydrogen-bond donors (Lipinski definition) is 0. The molecule has 5 rings (SSSR count). The van der Waals surface area contributed by atoms with Gasteiger partial charge in [-0.05, 0) is 62.5 Å². The van der Waals surface area contributed by atoms with Crippen LogP contribution in [-0.2, 0) is 11.3 Å². The third-order valence-electron chi connectivity index (χ3n) is 6.42. The molecule has 1 fully saturated rings. The smallest absolute Gasteiger partial charge is 0.254 e. The molecule has 1 aliphatic heterocycles. The van der Waals surface area contributed by atoms with Gasteiger partial charge in [0.25, 0.3) is 5.91 Å². The molecule has 0 radical (unpaired) electrons. The number of benzene rings is 1. The van der Waals surface area contributed by atoms with Crippen LogP contribution in [0.5, 0.6) is 0 Å². The Morgan fingerprint density at radius 2 is 1.94 bits per heavy atom. The first-order chi connectivity index (χ1) is 15.4. The number of imidazole rings is 1. The Hall–Kier alpha value is -2.94. The molecule has 1 aromatic carbocycles. The molecule has 1 aliphatic carbocycles. The van der Waals surface area contributed by atoms with Crippen LogP contribution in [-0.4, -0.2) is 42.0 Å². The van der Waals surface area contributed by atoms with Gasteiger partial charge in [-0.3, -0.25) is 9.59 Å². The number of amides is 1. The zero-order valence-electron chi connectivity index (χ0n) is 18.0. The van der Waals surface area contributed by atoms with Crippen molar-refractivity contribution in [2.45, 2.75) is 58.0 Å². The van der Waals surface area contributed by atoms with Crippen molar-refractivity contribution in [2.24, 2.45) is 0 Å². The molecule has 0 spiro atoms. The van der Waals surface area contributed by atoms with E-state index in [0.29, 0.717) is 30.9 Å². The van der Waals surface area contributed by atoms with Crippen molar-refractivity contribution < 1.29 is 14.0 Å². The Morgan fingerprint density at radius 1 is 1.16 bits per heavy atom. The molecule has 1 amide bonds. The minimum atomic E-state index is -0.374. The van der Waals surface area contributed by atoms with Crippen LogP contribution in [0.2, 0.25) is 0 Å². The molecule has 3 heterocycles. The van der Waals surface area contributed by atoms with Crippen molar-refractivity contribution in [2.75, 3.05) is 6.54 Å². The lowest BCUT2D eigenvalue weighted by atomic mass is 9.84. The fraction of sp³-hybridized carbons (Fsp3) is 0.435. The van der Waals surface area contributed by atoms with E-state index in [1.807, 2.05) is 13.8 Å². The minimum absolute atomic E-state index is 0.154. The molecular weight excluding hydrogens is 429 g/mol.